The molecular weight excluding hydrogens is 577 g/mol. The van der Waals surface area contributed by atoms with Gasteiger partial charge in [-0.1, -0.05) is 12.1 Å². The highest BCUT2D eigenvalue weighted by atomic mass is 35.7. The summed E-state index contributed by atoms with van der Waals surface area (Å²) < 4.78 is 26.8. The number of nitrogens with two attached hydrogens (primary N) is 1. The molecule has 0 saturated carbocycles. The van der Waals surface area contributed by atoms with E-state index in [9.17, 15) is 28.1 Å². The number of nitro benzene ring substituents is 1. The molecule has 39 heavy (non-hydrogen) atoms. The highest BCUT2D eigenvalue weighted by molar-refractivity contribution is 8.13. The van der Waals surface area contributed by atoms with Crippen LogP contribution in [0.1, 0.15) is 16.1 Å². The molecule has 0 aliphatic carbocycles. The van der Waals surface area contributed by atoms with E-state index in [1.54, 1.807) is 18.3 Å². The lowest BCUT2D eigenvalue weighted by Gasteiger charge is -2.18. The molecule has 1 aliphatic rings. The number of aromatic amines is 1. The molecule has 0 bridgehead atoms. The fourth-order valence-electron chi connectivity index (χ4n) is 3.39. The van der Waals surface area contributed by atoms with Gasteiger partial charge < -0.3 is 26.1 Å². The number of hydrogen-bond donors (Lipinski definition) is 4. The lowest BCUT2D eigenvalue weighted by molar-refractivity contribution is -0.385. The molecule has 204 valence electrons. The third-order valence-corrected chi connectivity index (χ3v) is 6.50. The summed E-state index contributed by atoms with van der Waals surface area (Å²) in [5.74, 6) is 0.0442. The van der Waals surface area contributed by atoms with Crippen molar-refractivity contribution in [2.75, 3.05) is 17.7 Å². The highest BCUT2D eigenvalue weighted by Gasteiger charge is 2.18. The Kier molecular flexibility index (Phi) is 8.90. The monoisotopic (exact) mass is 595 g/mol. The van der Waals surface area contributed by atoms with Crippen LogP contribution in [-0.2, 0) is 20.4 Å². The third kappa shape index (κ3) is 6.90. The molecule has 0 saturated heterocycles. The summed E-state index contributed by atoms with van der Waals surface area (Å²) in [5.41, 5.74) is 8.56. The zero-order valence-corrected chi connectivity index (χ0v) is 22.0. The van der Waals surface area contributed by atoms with Crippen LogP contribution in [0.3, 0.4) is 0 Å². The number of carbonyl (C=O) groups is 2. The van der Waals surface area contributed by atoms with E-state index in [0.717, 1.165) is 11.6 Å². The van der Waals surface area contributed by atoms with Gasteiger partial charge in [0.1, 0.15) is 17.6 Å². The number of nitrogens with one attached hydrogen (secondary N) is 3. The average Bonchev–Trinajstić information content (AvgIpc) is 3.27. The Morgan fingerprint density at radius 2 is 2.00 bits per heavy atom. The number of carbonyl (C=O) groups excluding carboxylic acids is 2. The van der Waals surface area contributed by atoms with Crippen molar-refractivity contribution in [1.82, 2.24) is 20.3 Å². The second kappa shape index (κ2) is 11.9. The topological polar surface area (TPSA) is 212 Å². The summed E-state index contributed by atoms with van der Waals surface area (Å²) in [5, 5.41) is 15.8. The standard InChI is InChI=1S/C16H14N6O3.C6H4ClNO4S.ClH/c17-9-5-18-14-13(9)20-7-21-15(14)16(24)19-4-8-1-2-11-10(3-8)22-12(23)6-25-11;7-13(11,12)6-3-1-2-5(4-6)8(9)10;/h1-3,5,7,18H,4,6,17H2,(H,19,24)(H,22,23);1-4H;1H. The first kappa shape index (κ1) is 29.1. The molecule has 0 spiro atoms. The van der Waals surface area contributed by atoms with E-state index < -0.39 is 14.0 Å². The van der Waals surface area contributed by atoms with Gasteiger partial charge >= 0.3 is 0 Å². The maximum atomic E-state index is 12.4. The van der Waals surface area contributed by atoms with E-state index in [4.69, 9.17) is 21.2 Å². The fourth-order valence-corrected chi connectivity index (χ4v) is 4.18. The number of amides is 2. The molecule has 14 nitrogen and oxygen atoms in total. The van der Waals surface area contributed by atoms with Crippen molar-refractivity contribution < 1.29 is 27.7 Å². The van der Waals surface area contributed by atoms with Gasteiger partial charge in [0.25, 0.3) is 26.6 Å². The maximum absolute atomic E-state index is 12.4. The van der Waals surface area contributed by atoms with Crippen molar-refractivity contribution in [3.8, 4) is 5.75 Å². The third-order valence-electron chi connectivity index (χ3n) is 5.15. The molecule has 4 aromatic rings. The van der Waals surface area contributed by atoms with E-state index in [1.165, 1.54) is 24.5 Å². The molecule has 5 rings (SSSR count). The molecule has 0 radical (unpaired) electrons. The Hall–Kier alpha value is -4.47. The Bertz CT molecular complexity index is 1680. The lowest BCUT2D eigenvalue weighted by atomic mass is 10.1. The first-order valence-corrected chi connectivity index (χ1v) is 12.9. The van der Waals surface area contributed by atoms with Crippen molar-refractivity contribution >= 4 is 72.1 Å². The van der Waals surface area contributed by atoms with E-state index in [2.05, 4.69) is 25.6 Å². The van der Waals surface area contributed by atoms with Crippen LogP contribution in [0.25, 0.3) is 11.0 Å². The molecule has 0 unspecified atom stereocenters. The Labute approximate surface area is 230 Å². The second-order valence-corrected chi connectivity index (χ2v) is 10.3. The number of H-pyrrole nitrogens is 1. The second-order valence-electron chi connectivity index (χ2n) is 7.73. The average molecular weight is 596 g/mol. The summed E-state index contributed by atoms with van der Waals surface area (Å²) in [4.78, 5) is 44.1. The van der Waals surface area contributed by atoms with Crippen molar-refractivity contribution in [1.29, 1.82) is 0 Å². The quantitative estimate of drug-likeness (QED) is 0.150. The van der Waals surface area contributed by atoms with Gasteiger partial charge in [-0.2, -0.15) is 0 Å². The maximum Gasteiger partial charge on any atom is 0.272 e. The number of hydrogen-bond acceptors (Lipinski definition) is 10. The number of ether oxygens (including phenoxy) is 1. The lowest BCUT2D eigenvalue weighted by Crippen LogP contribution is -2.26. The zero-order chi connectivity index (χ0) is 27.4. The largest absolute Gasteiger partial charge is 0.482 e. The predicted octanol–water partition coefficient (Wildman–Crippen LogP) is 2.75. The van der Waals surface area contributed by atoms with Crippen LogP contribution in [0.4, 0.5) is 17.1 Å². The SMILES string of the molecule is Cl.Nc1c[nH]c2c(C(=O)NCc3ccc4c(c3)NC(=O)CO4)ncnc12.O=[N+]([O-])c1cccc(S(=O)(=O)Cl)c1. The van der Waals surface area contributed by atoms with Crippen LogP contribution < -0.4 is 21.1 Å². The first-order valence-electron chi connectivity index (χ1n) is 10.6. The molecule has 0 atom stereocenters. The van der Waals surface area contributed by atoms with Crippen LogP contribution in [0.2, 0.25) is 0 Å². The Morgan fingerprint density at radius 1 is 1.23 bits per heavy atom. The number of nitrogens with zero attached hydrogens (tertiary/aromatic N) is 3. The van der Waals surface area contributed by atoms with Crippen molar-refractivity contribution in [3.63, 3.8) is 0 Å². The van der Waals surface area contributed by atoms with E-state index in [-0.39, 0.29) is 53.6 Å². The van der Waals surface area contributed by atoms with E-state index in [1.807, 2.05) is 6.07 Å². The highest BCUT2D eigenvalue weighted by Crippen LogP contribution is 2.28. The van der Waals surface area contributed by atoms with Crippen LogP contribution in [0.15, 0.2) is 59.9 Å². The summed E-state index contributed by atoms with van der Waals surface area (Å²) in [6, 6.07) is 9.87. The first-order chi connectivity index (χ1) is 18.0. The van der Waals surface area contributed by atoms with Gasteiger partial charge in [-0.05, 0) is 23.8 Å². The van der Waals surface area contributed by atoms with Gasteiger partial charge in [-0.3, -0.25) is 19.7 Å². The number of fused-ring (bicyclic) bond motifs is 2. The van der Waals surface area contributed by atoms with Gasteiger partial charge in [-0.15, -0.1) is 12.4 Å². The molecule has 17 heteroatoms. The van der Waals surface area contributed by atoms with E-state index in [0.29, 0.717) is 28.2 Å². The van der Waals surface area contributed by atoms with Crippen LogP contribution >= 0.6 is 23.1 Å². The van der Waals surface area contributed by atoms with Crippen LogP contribution in [-0.4, -0.2) is 46.7 Å². The Balaban J connectivity index is 0.000000256. The minimum Gasteiger partial charge on any atom is -0.482 e. The van der Waals surface area contributed by atoms with Crippen LogP contribution in [0.5, 0.6) is 5.75 Å². The number of non-ortho nitro benzene ring substituents is 1. The van der Waals surface area contributed by atoms with Crippen molar-refractivity contribution in [3.05, 3.63) is 76.4 Å². The van der Waals surface area contributed by atoms with Gasteiger partial charge in [0.2, 0.25) is 0 Å². The molecule has 2 aromatic heterocycles. The molecule has 5 N–H and O–H groups in total. The molecule has 1 aliphatic heterocycles. The summed E-state index contributed by atoms with van der Waals surface area (Å²) >= 11 is 0. The van der Waals surface area contributed by atoms with Gasteiger partial charge in [0.15, 0.2) is 12.3 Å². The van der Waals surface area contributed by atoms with Crippen LogP contribution in [0, 0.1) is 10.1 Å². The normalized spacial score (nSPS) is 12.1. The predicted molar refractivity (Wildman–Crippen MR) is 143 cm³/mol. The molecule has 2 amide bonds. The number of rotatable bonds is 5. The summed E-state index contributed by atoms with van der Waals surface area (Å²) in [6.07, 6.45) is 2.87. The minimum atomic E-state index is -3.89. The van der Waals surface area contributed by atoms with Gasteiger partial charge in [0.05, 0.1) is 26.7 Å². The van der Waals surface area contributed by atoms with Crippen molar-refractivity contribution in [2.45, 2.75) is 11.4 Å². The summed E-state index contributed by atoms with van der Waals surface area (Å²) in [7, 11) is 1.09. The summed E-state index contributed by atoms with van der Waals surface area (Å²) in [6.45, 7) is 0.274. The number of halogens is 2. The van der Waals surface area contributed by atoms with Gasteiger partial charge in [0, 0.05) is 35.6 Å². The number of nitro groups is 1. The number of benzene rings is 2. The van der Waals surface area contributed by atoms with Gasteiger partial charge in [-0.25, -0.2) is 18.4 Å². The number of aromatic nitrogens is 3. The smallest absolute Gasteiger partial charge is 0.272 e. The molecular formula is C22H19Cl2N7O7S. The van der Waals surface area contributed by atoms with E-state index >= 15 is 0 Å². The van der Waals surface area contributed by atoms with Crippen molar-refractivity contribution in [2.24, 2.45) is 0 Å². The molecule has 2 aromatic carbocycles. The number of nitrogen functional groups attached to an aromatic ring is 1. The fraction of sp³-hybridized carbons (Fsp3) is 0.0909. The minimum absolute atomic E-state index is 0. The Morgan fingerprint density at radius 3 is 2.72 bits per heavy atom. The number of anilines is 2. The zero-order valence-electron chi connectivity index (χ0n) is 19.6. The molecule has 3 heterocycles. The molecule has 0 fully saturated rings.